The third-order valence-corrected chi connectivity index (χ3v) is 4.69. The van der Waals surface area contributed by atoms with Crippen molar-refractivity contribution >= 4 is 11.7 Å². The number of carbonyl (C=O) groups is 1. The minimum absolute atomic E-state index is 0.0433. The maximum atomic E-state index is 13.4. The summed E-state index contributed by atoms with van der Waals surface area (Å²) in [4.78, 5) is 51.1. The number of rotatable bonds is 6. The number of aromatic nitrogens is 4. The number of pyridine rings is 2. The Morgan fingerprint density at radius 1 is 0.903 bits per heavy atom. The van der Waals surface area contributed by atoms with Crippen LogP contribution in [0.15, 0.2) is 94.9 Å². The number of nitrogens with zero attached hydrogens (tertiary/aromatic N) is 4. The zero-order chi connectivity index (χ0) is 21.6. The number of benzene rings is 1. The Kier molecular flexibility index (Phi) is 5.79. The van der Waals surface area contributed by atoms with Crippen molar-refractivity contribution in [2.75, 3.05) is 4.90 Å². The fourth-order valence-corrected chi connectivity index (χ4v) is 3.14. The van der Waals surface area contributed by atoms with Gasteiger partial charge in [-0.05, 0) is 29.8 Å². The molecular weight excluding hydrogens is 394 g/mol. The van der Waals surface area contributed by atoms with Crippen molar-refractivity contribution < 1.29 is 4.79 Å². The van der Waals surface area contributed by atoms with Crippen LogP contribution in [-0.2, 0) is 13.1 Å². The summed E-state index contributed by atoms with van der Waals surface area (Å²) in [6, 6.07) is 19.8. The highest BCUT2D eigenvalue weighted by Crippen LogP contribution is 2.16. The Hall–Kier alpha value is -4.33. The second-order valence-corrected chi connectivity index (χ2v) is 6.78. The van der Waals surface area contributed by atoms with Crippen LogP contribution in [0.4, 0.5) is 5.82 Å². The minimum Gasteiger partial charge on any atom is -0.313 e. The van der Waals surface area contributed by atoms with Gasteiger partial charge in [0.1, 0.15) is 11.4 Å². The van der Waals surface area contributed by atoms with E-state index in [1.54, 1.807) is 48.8 Å². The second kappa shape index (κ2) is 9.00. The average molecular weight is 413 g/mol. The van der Waals surface area contributed by atoms with Crippen molar-refractivity contribution in [1.82, 2.24) is 19.5 Å². The van der Waals surface area contributed by atoms with E-state index < -0.39 is 17.2 Å². The molecule has 0 aliphatic rings. The molecule has 0 atom stereocenters. The molecule has 1 aromatic carbocycles. The van der Waals surface area contributed by atoms with E-state index in [0.717, 1.165) is 16.3 Å². The van der Waals surface area contributed by atoms with Gasteiger partial charge in [-0.15, -0.1) is 0 Å². The highest BCUT2D eigenvalue weighted by atomic mass is 16.2. The van der Waals surface area contributed by atoms with E-state index in [1.165, 1.54) is 4.90 Å². The molecule has 0 bridgehead atoms. The van der Waals surface area contributed by atoms with E-state index in [-0.39, 0.29) is 18.7 Å². The fourth-order valence-electron chi connectivity index (χ4n) is 3.14. The molecular formula is C23H19N5O3. The Bertz CT molecular complexity index is 1290. The predicted molar refractivity (Wildman–Crippen MR) is 116 cm³/mol. The Morgan fingerprint density at radius 3 is 2.29 bits per heavy atom. The summed E-state index contributed by atoms with van der Waals surface area (Å²) in [6.45, 7) is 0.174. The molecule has 0 aliphatic carbocycles. The average Bonchev–Trinajstić information content (AvgIpc) is 2.82. The van der Waals surface area contributed by atoms with E-state index in [9.17, 15) is 14.4 Å². The van der Waals surface area contributed by atoms with Crippen molar-refractivity contribution in [1.29, 1.82) is 0 Å². The van der Waals surface area contributed by atoms with E-state index in [2.05, 4.69) is 15.0 Å². The summed E-state index contributed by atoms with van der Waals surface area (Å²) in [6.07, 6.45) is 4.31. The topological polar surface area (TPSA) is 101 Å². The van der Waals surface area contributed by atoms with Crippen molar-refractivity contribution in [3.63, 3.8) is 0 Å². The first-order chi connectivity index (χ1) is 15.1. The molecule has 31 heavy (non-hydrogen) atoms. The van der Waals surface area contributed by atoms with E-state index in [0.29, 0.717) is 11.5 Å². The maximum Gasteiger partial charge on any atom is 0.328 e. The van der Waals surface area contributed by atoms with E-state index in [4.69, 9.17) is 0 Å². The first-order valence-electron chi connectivity index (χ1n) is 9.63. The summed E-state index contributed by atoms with van der Waals surface area (Å²) in [5.41, 5.74) is -0.0459. The van der Waals surface area contributed by atoms with Gasteiger partial charge in [0.2, 0.25) is 0 Å². The monoisotopic (exact) mass is 413 g/mol. The smallest absolute Gasteiger partial charge is 0.313 e. The van der Waals surface area contributed by atoms with Gasteiger partial charge in [0.05, 0.1) is 18.8 Å². The van der Waals surface area contributed by atoms with E-state index >= 15 is 0 Å². The molecule has 1 N–H and O–H groups in total. The molecule has 8 heteroatoms. The first kappa shape index (κ1) is 20.0. The maximum absolute atomic E-state index is 13.4. The van der Waals surface area contributed by atoms with Gasteiger partial charge in [0.15, 0.2) is 0 Å². The molecule has 0 saturated carbocycles. The lowest BCUT2D eigenvalue weighted by molar-refractivity contribution is 0.0981. The molecule has 3 heterocycles. The SMILES string of the molecule is O=C(c1c[nH]c(=O)n(Cc2ccccn2)c1=O)N(Cc1ccccc1)c1ccccn1. The van der Waals surface area contributed by atoms with Crippen LogP contribution in [0.3, 0.4) is 0 Å². The van der Waals surface area contributed by atoms with Gasteiger partial charge in [-0.2, -0.15) is 0 Å². The number of carbonyl (C=O) groups excluding carboxylic acids is 1. The third-order valence-electron chi connectivity index (χ3n) is 4.69. The van der Waals surface area contributed by atoms with Gasteiger partial charge < -0.3 is 4.98 Å². The molecule has 0 radical (unpaired) electrons. The predicted octanol–water partition coefficient (Wildman–Crippen LogP) is 2.22. The fraction of sp³-hybridized carbons (Fsp3) is 0.0870. The molecule has 0 spiro atoms. The highest BCUT2D eigenvalue weighted by Gasteiger charge is 2.23. The summed E-state index contributed by atoms with van der Waals surface area (Å²) in [5.74, 6) is -0.156. The van der Waals surface area contributed by atoms with Crippen molar-refractivity contribution in [3.05, 3.63) is 123 Å². The Morgan fingerprint density at radius 2 is 1.61 bits per heavy atom. The zero-order valence-electron chi connectivity index (χ0n) is 16.5. The van der Waals surface area contributed by atoms with Crippen LogP contribution in [0.2, 0.25) is 0 Å². The molecule has 0 saturated heterocycles. The van der Waals surface area contributed by atoms with Gasteiger partial charge in [-0.3, -0.25) is 24.0 Å². The number of nitrogens with one attached hydrogen (secondary N) is 1. The standard InChI is InChI=1S/C23H19N5O3/c29-21(27(20-11-5-7-13-25-20)15-17-8-2-1-3-9-17)19-14-26-23(31)28(22(19)30)16-18-10-4-6-12-24-18/h1-14H,15-16H2,(H,26,31). The van der Waals surface area contributed by atoms with Crippen LogP contribution < -0.4 is 16.1 Å². The molecule has 1 amide bonds. The van der Waals surface area contributed by atoms with Crippen molar-refractivity contribution in [2.24, 2.45) is 0 Å². The highest BCUT2D eigenvalue weighted by molar-refractivity contribution is 6.05. The number of hydrogen-bond donors (Lipinski definition) is 1. The number of hydrogen-bond acceptors (Lipinski definition) is 5. The van der Waals surface area contributed by atoms with E-state index in [1.807, 2.05) is 30.3 Å². The molecule has 8 nitrogen and oxygen atoms in total. The van der Waals surface area contributed by atoms with Crippen LogP contribution in [0.25, 0.3) is 0 Å². The molecule has 4 rings (SSSR count). The van der Waals surface area contributed by atoms with Gasteiger partial charge in [0, 0.05) is 18.6 Å². The van der Waals surface area contributed by atoms with Crippen LogP contribution in [0.5, 0.6) is 0 Å². The minimum atomic E-state index is -0.687. The largest absolute Gasteiger partial charge is 0.328 e. The second-order valence-electron chi connectivity index (χ2n) is 6.78. The first-order valence-corrected chi connectivity index (χ1v) is 9.63. The molecule has 3 aromatic heterocycles. The molecule has 0 aliphatic heterocycles. The lowest BCUT2D eigenvalue weighted by Crippen LogP contribution is -2.42. The normalized spacial score (nSPS) is 10.6. The van der Waals surface area contributed by atoms with Crippen molar-refractivity contribution in [3.8, 4) is 0 Å². The van der Waals surface area contributed by atoms with Gasteiger partial charge in [-0.25, -0.2) is 9.78 Å². The number of H-pyrrole nitrogens is 1. The van der Waals surface area contributed by atoms with Crippen molar-refractivity contribution in [2.45, 2.75) is 13.1 Å². The summed E-state index contributed by atoms with van der Waals surface area (Å²) < 4.78 is 0.967. The van der Waals surface area contributed by atoms with Crippen LogP contribution in [0, 0.1) is 0 Å². The van der Waals surface area contributed by atoms with Gasteiger partial charge in [-0.1, -0.05) is 42.5 Å². The molecule has 154 valence electrons. The summed E-state index contributed by atoms with van der Waals surface area (Å²) in [7, 11) is 0. The lowest BCUT2D eigenvalue weighted by Gasteiger charge is -2.22. The Balaban J connectivity index is 1.74. The zero-order valence-corrected chi connectivity index (χ0v) is 16.5. The van der Waals surface area contributed by atoms with Crippen LogP contribution in [0.1, 0.15) is 21.6 Å². The van der Waals surface area contributed by atoms with Gasteiger partial charge in [0.25, 0.3) is 11.5 Å². The summed E-state index contributed by atoms with van der Waals surface area (Å²) in [5, 5.41) is 0. The molecule has 4 aromatic rings. The summed E-state index contributed by atoms with van der Waals surface area (Å²) >= 11 is 0. The number of amides is 1. The molecule has 0 fully saturated rings. The van der Waals surface area contributed by atoms with Gasteiger partial charge >= 0.3 is 5.69 Å². The third kappa shape index (κ3) is 4.48. The molecule has 0 unspecified atom stereocenters. The van der Waals surface area contributed by atoms with Crippen LogP contribution in [-0.4, -0.2) is 25.4 Å². The Labute approximate surface area is 177 Å². The van der Waals surface area contributed by atoms with Crippen LogP contribution >= 0.6 is 0 Å². The number of aromatic amines is 1. The lowest BCUT2D eigenvalue weighted by atomic mass is 10.2. The quantitative estimate of drug-likeness (QED) is 0.522. The number of anilines is 1.